The van der Waals surface area contributed by atoms with E-state index >= 15 is 0 Å². The van der Waals surface area contributed by atoms with Crippen LogP contribution < -0.4 is 10.6 Å². The minimum absolute atomic E-state index is 0.0828. The summed E-state index contributed by atoms with van der Waals surface area (Å²) in [5.74, 6) is -0.424. The summed E-state index contributed by atoms with van der Waals surface area (Å²) in [5.41, 5.74) is 0. The van der Waals surface area contributed by atoms with Crippen LogP contribution in [0.25, 0.3) is 0 Å². The molecule has 1 heterocycles. The molecule has 5 nitrogen and oxygen atoms in total. The summed E-state index contributed by atoms with van der Waals surface area (Å²) < 4.78 is 12.4. The number of nitrogens with one attached hydrogen (secondary N) is 2. The highest BCUT2D eigenvalue weighted by molar-refractivity contribution is 5.80. The molecule has 0 unspecified atom stereocenters. The molecule has 0 fully saturated rings. The molecule has 0 saturated heterocycles. The first-order valence-electron chi connectivity index (χ1n) is 4.20. The molecule has 76 valence electrons. The average Bonchev–Trinajstić information content (AvgIpc) is 2.17. The monoisotopic (exact) mass is 198 g/mol. The van der Waals surface area contributed by atoms with Crippen LogP contribution in [0.2, 0.25) is 0 Å². The van der Waals surface area contributed by atoms with Crippen molar-refractivity contribution in [2.24, 2.45) is 0 Å². The topological polar surface area (TPSA) is 66.9 Å². The van der Waals surface area contributed by atoms with Gasteiger partial charge in [-0.1, -0.05) is 0 Å². The van der Waals surface area contributed by atoms with Gasteiger partial charge in [-0.15, -0.1) is 0 Å². The van der Waals surface area contributed by atoms with Gasteiger partial charge in [-0.2, -0.15) is 0 Å². The quantitative estimate of drug-likeness (QED) is 0.723. The lowest BCUT2D eigenvalue weighted by Gasteiger charge is -2.03. The summed E-state index contributed by atoms with van der Waals surface area (Å²) in [4.78, 5) is 18.2. The molecule has 0 atom stereocenters. The van der Waals surface area contributed by atoms with Gasteiger partial charge >= 0.3 is 0 Å². The Morgan fingerprint density at radius 1 is 1.50 bits per heavy atom. The van der Waals surface area contributed by atoms with E-state index in [-0.39, 0.29) is 18.4 Å². The van der Waals surface area contributed by atoms with Gasteiger partial charge < -0.3 is 10.6 Å². The van der Waals surface area contributed by atoms with E-state index in [0.29, 0.717) is 6.54 Å². The van der Waals surface area contributed by atoms with Crippen LogP contribution in [0.1, 0.15) is 6.92 Å². The van der Waals surface area contributed by atoms with Crippen LogP contribution in [0, 0.1) is 5.82 Å². The Morgan fingerprint density at radius 2 is 2.14 bits per heavy atom. The molecule has 0 aliphatic heterocycles. The van der Waals surface area contributed by atoms with Crippen molar-refractivity contribution in [2.75, 3.05) is 18.4 Å². The van der Waals surface area contributed by atoms with Crippen molar-refractivity contribution < 1.29 is 9.18 Å². The van der Waals surface area contributed by atoms with E-state index < -0.39 is 5.82 Å². The second-order valence-corrected chi connectivity index (χ2v) is 2.53. The molecule has 1 aromatic heterocycles. The predicted molar refractivity (Wildman–Crippen MR) is 49.2 cm³/mol. The van der Waals surface area contributed by atoms with E-state index in [1.54, 1.807) is 0 Å². The molecular formula is C8H11FN4O. The minimum atomic E-state index is -0.506. The molecule has 0 saturated carbocycles. The summed E-state index contributed by atoms with van der Waals surface area (Å²) in [7, 11) is 0. The van der Waals surface area contributed by atoms with Gasteiger partial charge in [-0.3, -0.25) is 4.79 Å². The molecule has 0 aliphatic rings. The highest BCUT2D eigenvalue weighted by Crippen LogP contribution is 1.96. The predicted octanol–water partition coefficient (Wildman–Crippen LogP) is 0.164. The largest absolute Gasteiger partial charge is 0.355 e. The normalized spacial score (nSPS) is 9.57. The number of hydrogen-bond donors (Lipinski definition) is 2. The van der Waals surface area contributed by atoms with Crippen molar-refractivity contribution in [1.29, 1.82) is 0 Å². The average molecular weight is 198 g/mol. The number of halogens is 1. The summed E-state index contributed by atoms with van der Waals surface area (Å²) in [6, 6.07) is 0. The third-order valence-electron chi connectivity index (χ3n) is 1.40. The Kier molecular flexibility index (Phi) is 3.78. The van der Waals surface area contributed by atoms with Gasteiger partial charge in [0.2, 0.25) is 11.9 Å². The first-order chi connectivity index (χ1) is 6.72. The first-order valence-corrected chi connectivity index (χ1v) is 4.20. The third-order valence-corrected chi connectivity index (χ3v) is 1.40. The SMILES string of the molecule is CCNC(=O)CNc1ncc(F)cn1. The molecule has 6 heteroatoms. The number of hydrogen-bond acceptors (Lipinski definition) is 4. The van der Waals surface area contributed by atoms with Gasteiger partial charge in [0, 0.05) is 6.54 Å². The molecule has 2 N–H and O–H groups in total. The smallest absolute Gasteiger partial charge is 0.239 e. The van der Waals surface area contributed by atoms with Gasteiger partial charge in [-0.05, 0) is 6.92 Å². The molecule has 1 rings (SSSR count). The fourth-order valence-electron chi connectivity index (χ4n) is 0.823. The maximum atomic E-state index is 12.4. The number of likely N-dealkylation sites (N-methyl/N-ethyl adjacent to an activating group) is 1. The van der Waals surface area contributed by atoms with Gasteiger partial charge in [0.15, 0.2) is 5.82 Å². The van der Waals surface area contributed by atoms with Crippen molar-refractivity contribution in [1.82, 2.24) is 15.3 Å². The lowest BCUT2D eigenvalue weighted by molar-refractivity contribution is -0.119. The van der Waals surface area contributed by atoms with E-state index in [9.17, 15) is 9.18 Å². The zero-order chi connectivity index (χ0) is 10.4. The Balaban J connectivity index is 2.38. The van der Waals surface area contributed by atoms with Crippen LogP contribution >= 0.6 is 0 Å². The van der Waals surface area contributed by atoms with Gasteiger partial charge in [0.25, 0.3) is 0 Å². The Labute approximate surface area is 80.8 Å². The first kappa shape index (κ1) is 10.4. The molecule has 0 spiro atoms. The van der Waals surface area contributed by atoms with Gasteiger partial charge in [0.1, 0.15) is 0 Å². The fourth-order valence-corrected chi connectivity index (χ4v) is 0.823. The van der Waals surface area contributed by atoms with Gasteiger partial charge in [0.05, 0.1) is 18.9 Å². The lowest BCUT2D eigenvalue weighted by atomic mass is 10.5. The van der Waals surface area contributed by atoms with Crippen molar-refractivity contribution >= 4 is 11.9 Å². The van der Waals surface area contributed by atoms with Crippen LogP contribution in [0.5, 0.6) is 0 Å². The highest BCUT2D eigenvalue weighted by Gasteiger charge is 2.00. The number of anilines is 1. The van der Waals surface area contributed by atoms with Gasteiger partial charge in [-0.25, -0.2) is 14.4 Å². The second kappa shape index (κ2) is 5.11. The Morgan fingerprint density at radius 3 is 2.71 bits per heavy atom. The van der Waals surface area contributed by atoms with Crippen LogP contribution in [0.3, 0.4) is 0 Å². The van der Waals surface area contributed by atoms with Crippen LogP contribution in [-0.2, 0) is 4.79 Å². The molecular weight excluding hydrogens is 187 g/mol. The van der Waals surface area contributed by atoms with Crippen LogP contribution in [-0.4, -0.2) is 29.0 Å². The zero-order valence-electron chi connectivity index (χ0n) is 7.75. The maximum absolute atomic E-state index is 12.4. The van der Waals surface area contributed by atoms with Crippen molar-refractivity contribution in [2.45, 2.75) is 6.92 Å². The Hall–Kier alpha value is -1.72. The Bertz CT molecular complexity index is 301. The number of rotatable bonds is 4. The number of nitrogens with zero attached hydrogens (tertiary/aromatic N) is 2. The maximum Gasteiger partial charge on any atom is 0.239 e. The van der Waals surface area contributed by atoms with E-state index in [1.807, 2.05) is 6.92 Å². The van der Waals surface area contributed by atoms with E-state index in [1.165, 1.54) is 0 Å². The second-order valence-electron chi connectivity index (χ2n) is 2.53. The van der Waals surface area contributed by atoms with E-state index in [2.05, 4.69) is 20.6 Å². The van der Waals surface area contributed by atoms with Crippen molar-refractivity contribution in [3.63, 3.8) is 0 Å². The standard InChI is InChI=1S/C8H11FN4O/c1-2-10-7(14)5-13-8-11-3-6(9)4-12-8/h3-4H,2,5H2,1H3,(H,10,14)(H,11,12,13). The molecule has 0 bridgehead atoms. The zero-order valence-corrected chi connectivity index (χ0v) is 7.75. The lowest BCUT2D eigenvalue weighted by Crippen LogP contribution is -2.29. The molecule has 0 aliphatic carbocycles. The summed E-state index contributed by atoms with van der Waals surface area (Å²) in [5, 5.41) is 5.25. The molecule has 1 aromatic rings. The van der Waals surface area contributed by atoms with E-state index in [4.69, 9.17) is 0 Å². The summed E-state index contributed by atoms with van der Waals surface area (Å²) >= 11 is 0. The van der Waals surface area contributed by atoms with Crippen molar-refractivity contribution in [3.8, 4) is 0 Å². The molecule has 0 aromatic carbocycles. The molecule has 1 amide bonds. The number of carbonyl (C=O) groups is 1. The third kappa shape index (κ3) is 3.34. The molecule has 0 radical (unpaired) electrons. The van der Waals surface area contributed by atoms with E-state index in [0.717, 1.165) is 12.4 Å². The summed E-state index contributed by atoms with van der Waals surface area (Å²) in [6.45, 7) is 2.48. The van der Waals surface area contributed by atoms with Crippen LogP contribution in [0.15, 0.2) is 12.4 Å². The van der Waals surface area contributed by atoms with Crippen LogP contribution in [0.4, 0.5) is 10.3 Å². The number of aromatic nitrogens is 2. The highest BCUT2D eigenvalue weighted by atomic mass is 19.1. The summed E-state index contributed by atoms with van der Waals surface area (Å²) in [6.07, 6.45) is 2.07. The van der Waals surface area contributed by atoms with Crippen molar-refractivity contribution in [3.05, 3.63) is 18.2 Å². The number of carbonyl (C=O) groups excluding carboxylic acids is 1. The fraction of sp³-hybridized carbons (Fsp3) is 0.375. The number of amides is 1. The minimum Gasteiger partial charge on any atom is -0.355 e. The molecule has 14 heavy (non-hydrogen) atoms.